The Morgan fingerprint density at radius 3 is 2.38 bits per heavy atom. The summed E-state index contributed by atoms with van der Waals surface area (Å²) in [6.07, 6.45) is 1.87. The van der Waals surface area contributed by atoms with Crippen molar-refractivity contribution >= 4 is 16.7 Å². The number of methoxy groups -OCH3 is 2. The van der Waals surface area contributed by atoms with E-state index in [1.54, 1.807) is 14.2 Å². The Bertz CT molecular complexity index is 701. The number of ether oxygens (including phenoxy) is 2. The maximum atomic E-state index is 11.2. The van der Waals surface area contributed by atoms with Crippen LogP contribution in [0.5, 0.6) is 11.5 Å². The highest BCUT2D eigenvalue weighted by atomic mass is 16.5. The van der Waals surface area contributed by atoms with Crippen LogP contribution in [0.1, 0.15) is 24.8 Å². The summed E-state index contributed by atoms with van der Waals surface area (Å²) in [6.45, 7) is 0. The maximum absolute atomic E-state index is 11.2. The molecule has 1 N–H and O–H groups in total. The predicted molar refractivity (Wildman–Crippen MR) is 80.2 cm³/mol. The summed E-state index contributed by atoms with van der Waals surface area (Å²) in [6, 6.07) is 9.81. The van der Waals surface area contributed by atoms with Gasteiger partial charge in [-0.15, -0.1) is 0 Å². The van der Waals surface area contributed by atoms with Gasteiger partial charge < -0.3 is 14.6 Å². The van der Waals surface area contributed by atoms with Gasteiger partial charge in [-0.2, -0.15) is 0 Å². The van der Waals surface area contributed by atoms with Crippen molar-refractivity contribution in [2.45, 2.75) is 24.7 Å². The van der Waals surface area contributed by atoms with Gasteiger partial charge in [-0.25, -0.2) is 0 Å². The lowest BCUT2D eigenvalue weighted by atomic mass is 9.89. The molecule has 1 aliphatic carbocycles. The third-order valence-corrected chi connectivity index (χ3v) is 4.30. The molecule has 0 saturated heterocycles. The van der Waals surface area contributed by atoms with E-state index in [4.69, 9.17) is 9.47 Å². The molecule has 1 fully saturated rings. The van der Waals surface area contributed by atoms with Crippen molar-refractivity contribution in [3.63, 3.8) is 0 Å². The quantitative estimate of drug-likeness (QED) is 0.915. The van der Waals surface area contributed by atoms with E-state index in [1.807, 2.05) is 30.3 Å². The van der Waals surface area contributed by atoms with E-state index < -0.39 is 5.97 Å². The van der Waals surface area contributed by atoms with E-state index in [2.05, 4.69) is 0 Å². The fourth-order valence-electron chi connectivity index (χ4n) is 3.08. The monoisotopic (exact) mass is 286 g/mol. The van der Waals surface area contributed by atoms with E-state index in [0.29, 0.717) is 0 Å². The lowest BCUT2D eigenvalue weighted by Gasteiger charge is -2.20. The minimum atomic E-state index is -0.776. The molecule has 0 aromatic heterocycles. The second-order valence-electron chi connectivity index (χ2n) is 5.56. The summed E-state index contributed by atoms with van der Waals surface area (Å²) >= 11 is 0. The zero-order valence-electron chi connectivity index (χ0n) is 12.2. The lowest BCUT2D eigenvalue weighted by Crippen LogP contribution is -2.14. The Morgan fingerprint density at radius 1 is 1.19 bits per heavy atom. The van der Waals surface area contributed by atoms with Gasteiger partial charge >= 0.3 is 5.97 Å². The van der Waals surface area contributed by atoms with Gasteiger partial charge in [-0.1, -0.05) is 24.3 Å². The van der Waals surface area contributed by atoms with E-state index in [1.165, 1.54) is 0 Å². The molecule has 2 aromatic carbocycles. The van der Waals surface area contributed by atoms with Gasteiger partial charge in [0.15, 0.2) is 0 Å². The minimum Gasteiger partial charge on any atom is -0.496 e. The Labute approximate surface area is 123 Å². The number of hydrogen-bond acceptors (Lipinski definition) is 3. The summed E-state index contributed by atoms with van der Waals surface area (Å²) in [5.41, 5.74) is 0.636. The average Bonchev–Trinajstić information content (AvgIpc) is 3.25. The second-order valence-corrected chi connectivity index (χ2v) is 5.56. The summed E-state index contributed by atoms with van der Waals surface area (Å²) in [4.78, 5) is 11.2. The van der Waals surface area contributed by atoms with Crippen LogP contribution >= 0.6 is 0 Å². The van der Waals surface area contributed by atoms with Crippen LogP contribution in [-0.4, -0.2) is 25.3 Å². The van der Waals surface area contributed by atoms with Crippen LogP contribution in [0.3, 0.4) is 0 Å². The number of benzene rings is 2. The van der Waals surface area contributed by atoms with Crippen molar-refractivity contribution in [2.24, 2.45) is 0 Å². The number of carbonyl (C=O) groups is 1. The van der Waals surface area contributed by atoms with Crippen molar-refractivity contribution in [1.82, 2.24) is 0 Å². The molecule has 0 amide bonds. The SMILES string of the molecule is COc1cc(C2(CC(=O)O)CC2)c(OC)c2ccccc12. The summed E-state index contributed by atoms with van der Waals surface area (Å²) in [7, 11) is 3.27. The lowest BCUT2D eigenvalue weighted by molar-refractivity contribution is -0.137. The molecular formula is C17H18O4. The van der Waals surface area contributed by atoms with Gasteiger partial charge in [0.2, 0.25) is 0 Å². The van der Waals surface area contributed by atoms with Crippen molar-refractivity contribution in [1.29, 1.82) is 0 Å². The van der Waals surface area contributed by atoms with Crippen LogP contribution in [0.15, 0.2) is 30.3 Å². The molecule has 4 heteroatoms. The molecule has 0 spiro atoms. The fourth-order valence-corrected chi connectivity index (χ4v) is 3.08. The second kappa shape index (κ2) is 4.95. The van der Waals surface area contributed by atoms with E-state index in [9.17, 15) is 9.90 Å². The van der Waals surface area contributed by atoms with Crippen LogP contribution in [0, 0.1) is 0 Å². The molecule has 0 unspecified atom stereocenters. The van der Waals surface area contributed by atoms with Gasteiger partial charge in [0.05, 0.1) is 20.6 Å². The highest BCUT2D eigenvalue weighted by Gasteiger charge is 2.48. The first-order chi connectivity index (χ1) is 10.1. The van der Waals surface area contributed by atoms with Crippen molar-refractivity contribution < 1.29 is 19.4 Å². The van der Waals surface area contributed by atoms with Crippen LogP contribution in [0.2, 0.25) is 0 Å². The van der Waals surface area contributed by atoms with E-state index in [-0.39, 0.29) is 11.8 Å². The first kappa shape index (κ1) is 13.7. The standard InChI is InChI=1S/C17H18O4/c1-20-14-9-13(17(7-8-17)10-15(18)19)16(21-2)12-6-4-3-5-11(12)14/h3-6,9H,7-8,10H2,1-2H3,(H,18,19). The summed E-state index contributed by atoms with van der Waals surface area (Å²) in [5, 5.41) is 11.1. The molecule has 1 aliphatic rings. The Hall–Kier alpha value is -2.23. The predicted octanol–water partition coefficient (Wildman–Crippen LogP) is 3.36. The molecule has 21 heavy (non-hydrogen) atoms. The molecule has 2 aromatic rings. The third kappa shape index (κ3) is 2.20. The normalized spacial score (nSPS) is 15.7. The highest BCUT2D eigenvalue weighted by molar-refractivity contribution is 5.95. The molecule has 0 bridgehead atoms. The highest BCUT2D eigenvalue weighted by Crippen LogP contribution is 2.56. The maximum Gasteiger partial charge on any atom is 0.304 e. The fraction of sp³-hybridized carbons (Fsp3) is 0.353. The molecule has 0 atom stereocenters. The zero-order valence-corrected chi connectivity index (χ0v) is 12.2. The molecule has 0 heterocycles. The summed E-state index contributed by atoms with van der Waals surface area (Å²) in [5.74, 6) is 0.755. The molecule has 3 rings (SSSR count). The van der Waals surface area contributed by atoms with Gasteiger partial charge in [0, 0.05) is 21.8 Å². The Kier molecular flexibility index (Phi) is 3.24. The smallest absolute Gasteiger partial charge is 0.304 e. The van der Waals surface area contributed by atoms with Crippen molar-refractivity contribution in [2.75, 3.05) is 14.2 Å². The van der Waals surface area contributed by atoms with E-state index >= 15 is 0 Å². The number of rotatable bonds is 5. The van der Waals surface area contributed by atoms with Gasteiger partial charge in [0.25, 0.3) is 0 Å². The average molecular weight is 286 g/mol. The number of hydrogen-bond donors (Lipinski definition) is 1. The molecule has 0 radical (unpaired) electrons. The molecule has 0 aliphatic heterocycles. The zero-order chi connectivity index (χ0) is 15.0. The number of fused-ring (bicyclic) bond motifs is 1. The summed E-state index contributed by atoms with van der Waals surface area (Å²) < 4.78 is 11.1. The van der Waals surface area contributed by atoms with Crippen molar-refractivity contribution in [3.05, 3.63) is 35.9 Å². The van der Waals surface area contributed by atoms with Gasteiger partial charge in [-0.3, -0.25) is 4.79 Å². The first-order valence-electron chi connectivity index (χ1n) is 6.97. The van der Waals surface area contributed by atoms with Crippen LogP contribution in [-0.2, 0) is 10.2 Å². The van der Waals surface area contributed by atoms with Crippen molar-refractivity contribution in [3.8, 4) is 11.5 Å². The number of carboxylic acid groups (broad SMARTS) is 1. The molecular weight excluding hydrogens is 268 g/mol. The van der Waals surface area contributed by atoms with Crippen LogP contribution < -0.4 is 9.47 Å². The Balaban J connectivity index is 2.25. The van der Waals surface area contributed by atoms with Gasteiger partial charge in [-0.05, 0) is 18.9 Å². The van der Waals surface area contributed by atoms with Crippen LogP contribution in [0.25, 0.3) is 10.8 Å². The first-order valence-corrected chi connectivity index (χ1v) is 6.97. The largest absolute Gasteiger partial charge is 0.496 e. The third-order valence-electron chi connectivity index (χ3n) is 4.30. The Morgan fingerprint density at radius 2 is 1.86 bits per heavy atom. The molecule has 110 valence electrons. The minimum absolute atomic E-state index is 0.130. The molecule has 4 nitrogen and oxygen atoms in total. The van der Waals surface area contributed by atoms with Gasteiger partial charge in [0.1, 0.15) is 11.5 Å². The van der Waals surface area contributed by atoms with Crippen LogP contribution in [0.4, 0.5) is 0 Å². The molecule has 1 saturated carbocycles. The number of aliphatic carboxylic acids is 1. The van der Waals surface area contributed by atoms with E-state index in [0.717, 1.165) is 40.7 Å². The topological polar surface area (TPSA) is 55.8 Å². The number of carboxylic acids is 1.